The predicted molar refractivity (Wildman–Crippen MR) is 107 cm³/mol. The molecule has 0 aliphatic carbocycles. The van der Waals surface area contributed by atoms with E-state index >= 15 is 0 Å². The van der Waals surface area contributed by atoms with Crippen LogP contribution in [0.5, 0.6) is 5.75 Å². The average Bonchev–Trinajstić information content (AvgIpc) is 2.95. The first-order valence-electron chi connectivity index (χ1n) is 9.77. The summed E-state index contributed by atoms with van der Waals surface area (Å²) in [5, 5.41) is 2.41. The summed E-state index contributed by atoms with van der Waals surface area (Å²) in [5.41, 5.74) is 0.324. The molecule has 1 saturated heterocycles. The first-order valence-corrected chi connectivity index (χ1v) is 11.2. The maximum atomic E-state index is 13.1. The van der Waals surface area contributed by atoms with Gasteiger partial charge in [0.05, 0.1) is 16.8 Å². The predicted octanol–water partition coefficient (Wildman–Crippen LogP) is 4.35. The Morgan fingerprint density at radius 1 is 1.16 bits per heavy atom. The lowest BCUT2D eigenvalue weighted by atomic mass is 10.2. The molecule has 1 aromatic carbocycles. The SMILES string of the molecule is Cc1ccoc1C(=O)Nc1cc(S(=O)(=O)N2CCCCCC2)ccc1OCC(F)(F)F. The van der Waals surface area contributed by atoms with Crippen molar-refractivity contribution in [2.24, 2.45) is 0 Å². The third-order valence-corrected chi connectivity index (χ3v) is 6.76. The number of hydrogen-bond acceptors (Lipinski definition) is 5. The van der Waals surface area contributed by atoms with Crippen molar-refractivity contribution in [2.75, 3.05) is 25.0 Å². The van der Waals surface area contributed by atoms with Gasteiger partial charge in [0.1, 0.15) is 5.75 Å². The van der Waals surface area contributed by atoms with E-state index in [1.807, 2.05) is 0 Å². The number of carbonyl (C=O) groups is 1. The molecule has 0 bridgehead atoms. The Morgan fingerprint density at radius 2 is 1.84 bits per heavy atom. The molecule has 2 heterocycles. The highest BCUT2D eigenvalue weighted by Gasteiger charge is 2.30. The van der Waals surface area contributed by atoms with Crippen molar-refractivity contribution in [3.05, 3.63) is 41.9 Å². The summed E-state index contributed by atoms with van der Waals surface area (Å²) in [4.78, 5) is 12.4. The summed E-state index contributed by atoms with van der Waals surface area (Å²) in [7, 11) is -3.88. The molecule has 11 heteroatoms. The third-order valence-electron chi connectivity index (χ3n) is 4.86. The van der Waals surface area contributed by atoms with Crippen LogP contribution in [0.1, 0.15) is 41.8 Å². The maximum Gasteiger partial charge on any atom is 0.422 e. The molecule has 0 radical (unpaired) electrons. The Bertz CT molecular complexity index is 1030. The van der Waals surface area contributed by atoms with Crippen molar-refractivity contribution in [3.63, 3.8) is 0 Å². The smallest absolute Gasteiger partial charge is 0.422 e. The van der Waals surface area contributed by atoms with E-state index < -0.39 is 28.7 Å². The van der Waals surface area contributed by atoms with E-state index in [2.05, 4.69) is 5.32 Å². The number of aryl methyl sites for hydroxylation is 1. The van der Waals surface area contributed by atoms with Crippen molar-refractivity contribution in [1.29, 1.82) is 0 Å². The van der Waals surface area contributed by atoms with Crippen LogP contribution in [0.4, 0.5) is 18.9 Å². The number of halogens is 3. The molecule has 0 unspecified atom stereocenters. The molecule has 1 N–H and O–H groups in total. The quantitative estimate of drug-likeness (QED) is 0.693. The van der Waals surface area contributed by atoms with E-state index in [0.717, 1.165) is 37.8 Å². The second-order valence-electron chi connectivity index (χ2n) is 7.27. The molecule has 1 aliphatic rings. The van der Waals surface area contributed by atoms with E-state index in [0.29, 0.717) is 18.7 Å². The van der Waals surface area contributed by atoms with Gasteiger partial charge < -0.3 is 14.5 Å². The lowest BCUT2D eigenvalue weighted by molar-refractivity contribution is -0.153. The molecule has 1 aromatic heterocycles. The van der Waals surface area contributed by atoms with Crippen molar-refractivity contribution in [3.8, 4) is 5.75 Å². The van der Waals surface area contributed by atoms with Gasteiger partial charge in [0, 0.05) is 18.7 Å². The number of anilines is 1. The minimum Gasteiger partial charge on any atom is -0.482 e. The number of benzene rings is 1. The zero-order valence-electron chi connectivity index (χ0n) is 16.9. The zero-order chi connectivity index (χ0) is 22.6. The molecule has 3 rings (SSSR count). The molecular weight excluding hydrogens is 437 g/mol. The largest absolute Gasteiger partial charge is 0.482 e. The fourth-order valence-electron chi connectivity index (χ4n) is 3.27. The summed E-state index contributed by atoms with van der Waals surface area (Å²) in [5.74, 6) is -1.07. The summed E-state index contributed by atoms with van der Waals surface area (Å²) in [6.07, 6.45) is 0.0159. The van der Waals surface area contributed by atoms with Gasteiger partial charge in [-0.2, -0.15) is 17.5 Å². The molecule has 1 fully saturated rings. The van der Waals surface area contributed by atoms with E-state index in [1.54, 1.807) is 13.0 Å². The van der Waals surface area contributed by atoms with E-state index in [9.17, 15) is 26.4 Å². The van der Waals surface area contributed by atoms with Gasteiger partial charge in [0.15, 0.2) is 12.4 Å². The minimum absolute atomic E-state index is 0.0393. The van der Waals surface area contributed by atoms with Gasteiger partial charge in [-0.3, -0.25) is 4.79 Å². The number of sulfonamides is 1. The first kappa shape index (κ1) is 23.1. The van der Waals surface area contributed by atoms with Crippen molar-refractivity contribution < 1.29 is 35.5 Å². The van der Waals surface area contributed by atoms with E-state index in [4.69, 9.17) is 9.15 Å². The lowest BCUT2D eigenvalue weighted by Gasteiger charge is -2.21. The van der Waals surface area contributed by atoms with Gasteiger partial charge in [-0.25, -0.2) is 8.42 Å². The second kappa shape index (κ2) is 9.31. The van der Waals surface area contributed by atoms with Crippen LogP contribution in [0.25, 0.3) is 0 Å². The van der Waals surface area contributed by atoms with Crippen LogP contribution in [-0.2, 0) is 10.0 Å². The van der Waals surface area contributed by atoms with Crippen LogP contribution in [0, 0.1) is 6.92 Å². The number of furan rings is 1. The normalized spacial score (nSPS) is 16.0. The van der Waals surface area contributed by atoms with Crippen LogP contribution in [-0.4, -0.2) is 44.5 Å². The molecule has 31 heavy (non-hydrogen) atoms. The molecule has 0 saturated carbocycles. The highest BCUT2D eigenvalue weighted by atomic mass is 32.2. The lowest BCUT2D eigenvalue weighted by Crippen LogP contribution is -2.32. The molecule has 1 amide bonds. The summed E-state index contributed by atoms with van der Waals surface area (Å²) >= 11 is 0. The van der Waals surface area contributed by atoms with Crippen molar-refractivity contribution >= 4 is 21.6 Å². The van der Waals surface area contributed by atoms with Crippen LogP contribution in [0.3, 0.4) is 0 Å². The zero-order valence-corrected chi connectivity index (χ0v) is 17.7. The van der Waals surface area contributed by atoms with Gasteiger partial charge in [0.25, 0.3) is 5.91 Å². The Balaban J connectivity index is 1.94. The van der Waals surface area contributed by atoms with Gasteiger partial charge >= 0.3 is 6.18 Å². The molecule has 1 aliphatic heterocycles. The van der Waals surface area contributed by atoms with Crippen LogP contribution in [0.15, 0.2) is 39.8 Å². The number of amides is 1. The highest BCUT2D eigenvalue weighted by Crippen LogP contribution is 2.32. The van der Waals surface area contributed by atoms with Crippen LogP contribution >= 0.6 is 0 Å². The van der Waals surface area contributed by atoms with Gasteiger partial charge in [-0.05, 0) is 44.0 Å². The minimum atomic E-state index is -4.60. The Morgan fingerprint density at radius 3 is 2.42 bits per heavy atom. The number of hydrogen-bond donors (Lipinski definition) is 1. The van der Waals surface area contributed by atoms with Gasteiger partial charge in [0.2, 0.25) is 10.0 Å². The molecule has 2 aromatic rings. The standard InChI is InChI=1S/C20H23F3N2O5S/c1-14-8-11-29-18(14)19(26)24-16-12-15(6-7-17(16)30-13-20(21,22)23)31(27,28)25-9-4-2-3-5-10-25/h6-8,11-12H,2-5,9-10,13H2,1H3,(H,24,26). The molecule has 0 atom stereocenters. The third kappa shape index (κ3) is 5.79. The fraction of sp³-hybridized carbons (Fsp3) is 0.450. The molecule has 7 nitrogen and oxygen atoms in total. The van der Waals surface area contributed by atoms with Crippen molar-refractivity contribution in [1.82, 2.24) is 4.31 Å². The molecular formula is C20H23F3N2O5S. The van der Waals surface area contributed by atoms with E-state index in [-0.39, 0.29) is 22.1 Å². The topological polar surface area (TPSA) is 88.8 Å². The number of nitrogens with zero attached hydrogens (tertiary/aromatic N) is 1. The summed E-state index contributed by atoms with van der Waals surface area (Å²) in [6, 6.07) is 4.96. The summed E-state index contributed by atoms with van der Waals surface area (Å²) < 4.78 is 75.3. The first-order chi connectivity index (χ1) is 14.6. The number of carbonyl (C=O) groups excluding carboxylic acids is 1. The Labute approximate surface area is 178 Å². The van der Waals surface area contributed by atoms with E-state index in [1.165, 1.54) is 16.6 Å². The summed E-state index contributed by atoms with van der Waals surface area (Å²) in [6.45, 7) is 0.761. The van der Waals surface area contributed by atoms with Gasteiger partial charge in [-0.15, -0.1) is 0 Å². The number of alkyl halides is 3. The second-order valence-corrected chi connectivity index (χ2v) is 9.20. The molecule has 0 spiro atoms. The van der Waals surface area contributed by atoms with Crippen LogP contribution in [0.2, 0.25) is 0 Å². The number of ether oxygens (including phenoxy) is 1. The maximum absolute atomic E-state index is 13.1. The Hall–Kier alpha value is -2.53. The fourth-order valence-corrected chi connectivity index (χ4v) is 4.81. The van der Waals surface area contributed by atoms with Crippen LogP contribution < -0.4 is 10.1 Å². The number of rotatable bonds is 6. The highest BCUT2D eigenvalue weighted by molar-refractivity contribution is 7.89. The number of nitrogens with one attached hydrogen (secondary N) is 1. The monoisotopic (exact) mass is 460 g/mol. The van der Waals surface area contributed by atoms with Crippen molar-refractivity contribution in [2.45, 2.75) is 43.7 Å². The average molecular weight is 460 g/mol. The molecule has 170 valence electrons. The Kier molecular flexibility index (Phi) is 6.95. The van der Waals surface area contributed by atoms with Gasteiger partial charge in [-0.1, -0.05) is 12.8 Å².